The number of rotatable bonds is 2. The Balaban J connectivity index is 2.42. The minimum absolute atomic E-state index is 0.0504. The van der Waals surface area contributed by atoms with Crippen LogP contribution in [0.3, 0.4) is 0 Å². The average molecular weight is 207 g/mol. The molecule has 0 bridgehead atoms. The van der Waals surface area contributed by atoms with Gasteiger partial charge in [0, 0.05) is 5.69 Å². The second-order valence-electron chi connectivity index (χ2n) is 5.61. The van der Waals surface area contributed by atoms with Crippen LogP contribution in [0.5, 0.6) is 0 Å². The summed E-state index contributed by atoms with van der Waals surface area (Å²) < 4.78 is 2.12. The van der Waals surface area contributed by atoms with Crippen molar-refractivity contribution in [1.29, 1.82) is 0 Å². The van der Waals surface area contributed by atoms with E-state index in [1.54, 1.807) is 0 Å². The molecule has 0 amide bonds. The van der Waals surface area contributed by atoms with Crippen molar-refractivity contribution in [2.24, 2.45) is 5.73 Å². The highest BCUT2D eigenvalue weighted by molar-refractivity contribution is 5.25. The van der Waals surface area contributed by atoms with Gasteiger partial charge in [-0.1, -0.05) is 6.92 Å². The number of aromatic nitrogens is 2. The molecule has 0 aromatic carbocycles. The third-order valence-electron chi connectivity index (χ3n) is 3.08. The molecule has 15 heavy (non-hydrogen) atoms. The van der Waals surface area contributed by atoms with Gasteiger partial charge in [-0.05, 0) is 46.1 Å². The second-order valence-corrected chi connectivity index (χ2v) is 5.61. The van der Waals surface area contributed by atoms with E-state index in [-0.39, 0.29) is 11.1 Å². The van der Waals surface area contributed by atoms with Gasteiger partial charge in [0.15, 0.2) is 0 Å². The summed E-state index contributed by atoms with van der Waals surface area (Å²) in [6.45, 7) is 8.70. The minimum atomic E-state index is -0.111. The Hall–Kier alpha value is -0.830. The van der Waals surface area contributed by atoms with Gasteiger partial charge in [-0.3, -0.25) is 4.68 Å². The summed E-state index contributed by atoms with van der Waals surface area (Å²) in [7, 11) is 0. The third-order valence-corrected chi connectivity index (χ3v) is 3.08. The lowest BCUT2D eigenvalue weighted by Crippen LogP contribution is -2.26. The molecule has 3 nitrogen and oxygen atoms in total. The molecule has 84 valence electrons. The van der Waals surface area contributed by atoms with Gasteiger partial charge in [0.1, 0.15) is 0 Å². The van der Waals surface area contributed by atoms with Crippen molar-refractivity contribution in [1.82, 2.24) is 9.78 Å². The highest BCUT2D eigenvalue weighted by Crippen LogP contribution is 2.42. The van der Waals surface area contributed by atoms with Gasteiger partial charge in [-0.15, -0.1) is 0 Å². The Morgan fingerprint density at radius 3 is 2.40 bits per heavy atom. The summed E-state index contributed by atoms with van der Waals surface area (Å²) in [5.74, 6) is 0. The van der Waals surface area contributed by atoms with Crippen LogP contribution in [0.1, 0.15) is 51.9 Å². The van der Waals surface area contributed by atoms with E-state index < -0.39 is 0 Å². The maximum atomic E-state index is 6.17. The largest absolute Gasteiger partial charge is 0.320 e. The van der Waals surface area contributed by atoms with Crippen LogP contribution in [0.25, 0.3) is 0 Å². The molecule has 1 aliphatic carbocycles. The molecule has 2 N–H and O–H groups in total. The zero-order chi connectivity index (χ0) is 11.3. The molecule has 1 saturated carbocycles. The molecule has 0 radical (unpaired) electrons. The summed E-state index contributed by atoms with van der Waals surface area (Å²) in [5.41, 5.74) is 8.48. The molecule has 0 aliphatic heterocycles. The molecule has 2 rings (SSSR count). The van der Waals surface area contributed by atoms with E-state index in [1.165, 1.54) is 5.69 Å². The fourth-order valence-electron chi connectivity index (χ4n) is 1.89. The molecular weight excluding hydrogens is 186 g/mol. The maximum absolute atomic E-state index is 6.17. The highest BCUT2D eigenvalue weighted by atomic mass is 15.3. The second kappa shape index (κ2) is 3.08. The molecule has 0 saturated heterocycles. The topological polar surface area (TPSA) is 43.8 Å². The summed E-state index contributed by atoms with van der Waals surface area (Å²) in [5, 5.41) is 4.68. The van der Waals surface area contributed by atoms with Crippen LogP contribution < -0.4 is 5.73 Å². The van der Waals surface area contributed by atoms with Gasteiger partial charge in [0.2, 0.25) is 0 Å². The SMILES string of the molecule is CCc1cc(C2(N)CC2)nn1C(C)(C)C. The van der Waals surface area contributed by atoms with Crippen LogP contribution >= 0.6 is 0 Å². The summed E-state index contributed by atoms with van der Waals surface area (Å²) in [6, 6.07) is 2.18. The number of nitrogens with zero attached hydrogens (tertiary/aromatic N) is 2. The Morgan fingerprint density at radius 1 is 1.47 bits per heavy atom. The van der Waals surface area contributed by atoms with E-state index in [9.17, 15) is 0 Å². The molecule has 1 fully saturated rings. The first-order valence-electron chi connectivity index (χ1n) is 5.75. The first-order chi connectivity index (χ1) is 6.87. The molecule has 0 unspecified atom stereocenters. The van der Waals surface area contributed by atoms with Crippen LogP contribution in [-0.2, 0) is 17.5 Å². The predicted octanol–water partition coefficient (Wildman–Crippen LogP) is 2.15. The van der Waals surface area contributed by atoms with Crippen molar-refractivity contribution in [2.45, 2.75) is 58.0 Å². The number of hydrogen-bond acceptors (Lipinski definition) is 2. The Labute approximate surface area is 91.7 Å². The third kappa shape index (κ3) is 1.81. The van der Waals surface area contributed by atoms with Gasteiger partial charge in [0.25, 0.3) is 0 Å². The van der Waals surface area contributed by atoms with Gasteiger partial charge in [-0.25, -0.2) is 0 Å². The monoisotopic (exact) mass is 207 g/mol. The first kappa shape index (κ1) is 10.7. The average Bonchev–Trinajstić information content (AvgIpc) is 2.73. The fourth-order valence-corrected chi connectivity index (χ4v) is 1.89. The Bertz CT molecular complexity index is 367. The zero-order valence-corrected chi connectivity index (χ0v) is 10.2. The zero-order valence-electron chi connectivity index (χ0n) is 10.2. The van der Waals surface area contributed by atoms with Crippen LogP contribution in [0.15, 0.2) is 6.07 Å². The minimum Gasteiger partial charge on any atom is -0.320 e. The summed E-state index contributed by atoms with van der Waals surface area (Å²) >= 11 is 0. The van der Waals surface area contributed by atoms with Crippen LogP contribution in [0, 0.1) is 0 Å². The van der Waals surface area contributed by atoms with Gasteiger partial charge in [-0.2, -0.15) is 5.10 Å². The van der Waals surface area contributed by atoms with Crippen LogP contribution in [0.4, 0.5) is 0 Å². The van der Waals surface area contributed by atoms with E-state index in [2.05, 4.69) is 43.5 Å². The van der Waals surface area contributed by atoms with Crippen LogP contribution in [-0.4, -0.2) is 9.78 Å². The van der Waals surface area contributed by atoms with Crippen molar-refractivity contribution in [3.05, 3.63) is 17.5 Å². The lowest BCUT2D eigenvalue weighted by Gasteiger charge is -2.22. The number of nitrogens with two attached hydrogens (primary N) is 1. The smallest absolute Gasteiger partial charge is 0.0826 e. The lowest BCUT2D eigenvalue weighted by atomic mass is 10.1. The normalized spacial score (nSPS) is 19.3. The molecule has 1 aliphatic rings. The summed E-state index contributed by atoms with van der Waals surface area (Å²) in [6.07, 6.45) is 3.18. The Kier molecular flexibility index (Phi) is 2.19. The highest BCUT2D eigenvalue weighted by Gasteiger charge is 2.43. The van der Waals surface area contributed by atoms with Crippen LogP contribution in [0.2, 0.25) is 0 Å². The predicted molar refractivity (Wildman–Crippen MR) is 61.7 cm³/mol. The molecule has 1 aromatic heterocycles. The quantitative estimate of drug-likeness (QED) is 0.807. The van der Waals surface area contributed by atoms with E-state index in [4.69, 9.17) is 5.73 Å². The summed E-state index contributed by atoms with van der Waals surface area (Å²) in [4.78, 5) is 0. The molecule has 1 aromatic rings. The number of hydrogen-bond donors (Lipinski definition) is 1. The van der Waals surface area contributed by atoms with Crippen molar-refractivity contribution in [3.63, 3.8) is 0 Å². The van der Waals surface area contributed by atoms with Crippen molar-refractivity contribution in [3.8, 4) is 0 Å². The Morgan fingerprint density at radius 2 is 2.07 bits per heavy atom. The van der Waals surface area contributed by atoms with E-state index in [1.807, 2.05) is 0 Å². The fraction of sp³-hybridized carbons (Fsp3) is 0.750. The lowest BCUT2D eigenvalue weighted by molar-refractivity contribution is 0.340. The number of aryl methyl sites for hydroxylation is 1. The maximum Gasteiger partial charge on any atom is 0.0826 e. The van der Waals surface area contributed by atoms with Crippen molar-refractivity contribution < 1.29 is 0 Å². The van der Waals surface area contributed by atoms with E-state index >= 15 is 0 Å². The van der Waals surface area contributed by atoms with Gasteiger partial charge < -0.3 is 5.73 Å². The van der Waals surface area contributed by atoms with Gasteiger partial charge in [0.05, 0.1) is 16.8 Å². The standard InChI is InChI=1S/C12H21N3/c1-5-9-8-10(12(13)6-7-12)14-15(9)11(2,3)4/h8H,5-7,13H2,1-4H3. The molecule has 0 atom stereocenters. The van der Waals surface area contributed by atoms with Crippen molar-refractivity contribution in [2.75, 3.05) is 0 Å². The molecule has 1 heterocycles. The first-order valence-corrected chi connectivity index (χ1v) is 5.75. The molecule has 0 spiro atoms. The van der Waals surface area contributed by atoms with E-state index in [0.29, 0.717) is 0 Å². The molecule has 3 heteroatoms. The van der Waals surface area contributed by atoms with Gasteiger partial charge >= 0.3 is 0 Å². The van der Waals surface area contributed by atoms with Crippen molar-refractivity contribution >= 4 is 0 Å². The molecular formula is C12H21N3. The van der Waals surface area contributed by atoms with E-state index in [0.717, 1.165) is 25.0 Å².